The fourth-order valence-electron chi connectivity index (χ4n) is 11.1. The Morgan fingerprint density at radius 1 is 0.219 bits per heavy atom. The predicted molar refractivity (Wildman–Crippen MR) is 274 cm³/mol. The van der Waals surface area contributed by atoms with E-state index in [4.69, 9.17) is 0 Å². The van der Waals surface area contributed by atoms with E-state index in [9.17, 15) is 0 Å². The monoisotopic (exact) mass is 810 g/mol. The summed E-state index contributed by atoms with van der Waals surface area (Å²) in [5, 5.41) is 17.4. The molecule has 0 aliphatic heterocycles. The van der Waals surface area contributed by atoms with E-state index in [1.165, 1.54) is 120 Å². The van der Waals surface area contributed by atoms with Crippen LogP contribution < -0.4 is 0 Å². The van der Waals surface area contributed by atoms with E-state index >= 15 is 0 Å². The minimum absolute atomic E-state index is 1.14. The van der Waals surface area contributed by atoms with Crippen molar-refractivity contribution in [1.29, 1.82) is 0 Å². The van der Waals surface area contributed by atoms with Gasteiger partial charge in [0.25, 0.3) is 0 Å². The smallest absolute Gasteiger partial charge is 0.0541 e. The number of hydrogen-bond acceptors (Lipinski definition) is 0. The van der Waals surface area contributed by atoms with Crippen LogP contribution >= 0.6 is 0 Å². The molecule has 12 aromatic carbocycles. The van der Waals surface area contributed by atoms with Gasteiger partial charge in [0.15, 0.2) is 0 Å². The van der Waals surface area contributed by atoms with E-state index < -0.39 is 0 Å². The van der Waals surface area contributed by atoms with E-state index in [1.54, 1.807) is 0 Å². The number of fused-ring (bicyclic) bond motifs is 12. The Morgan fingerprint density at radius 2 is 0.641 bits per heavy atom. The van der Waals surface area contributed by atoms with Gasteiger partial charge in [-0.3, -0.25) is 0 Å². The lowest BCUT2D eigenvalue weighted by molar-refractivity contribution is 1.18. The largest absolute Gasteiger partial charge is 0.309 e. The highest BCUT2D eigenvalue weighted by atomic mass is 15.0. The third-order valence-electron chi connectivity index (χ3n) is 13.8. The molecule has 296 valence electrons. The van der Waals surface area contributed by atoms with Gasteiger partial charge in [-0.15, -0.1) is 0 Å². The van der Waals surface area contributed by atoms with E-state index in [-0.39, 0.29) is 0 Å². The highest BCUT2D eigenvalue weighted by molar-refractivity contribution is 6.27. The summed E-state index contributed by atoms with van der Waals surface area (Å²) in [6, 6.07) is 85.7. The molecule has 0 amide bonds. The Kier molecular flexibility index (Phi) is 7.43. The number of aromatic nitrogens is 2. The van der Waals surface area contributed by atoms with Crippen LogP contribution in [0, 0.1) is 0 Å². The topological polar surface area (TPSA) is 9.86 Å². The second-order valence-electron chi connectivity index (χ2n) is 17.2. The van der Waals surface area contributed by atoms with Gasteiger partial charge < -0.3 is 9.13 Å². The zero-order chi connectivity index (χ0) is 41.9. The summed E-state index contributed by atoms with van der Waals surface area (Å²) in [6.07, 6.45) is 0. The van der Waals surface area contributed by atoms with Crippen molar-refractivity contribution < 1.29 is 0 Å². The van der Waals surface area contributed by atoms with Gasteiger partial charge in [-0.1, -0.05) is 170 Å². The molecule has 0 saturated heterocycles. The molecule has 0 unspecified atom stereocenters. The molecular weight excluding hydrogens is 773 g/mol. The Bertz CT molecular complexity index is 4150. The van der Waals surface area contributed by atoms with Crippen molar-refractivity contribution in [2.75, 3.05) is 0 Å². The summed E-state index contributed by atoms with van der Waals surface area (Å²) in [4.78, 5) is 0. The van der Waals surface area contributed by atoms with E-state index in [2.05, 4.69) is 240 Å². The van der Waals surface area contributed by atoms with Crippen molar-refractivity contribution in [3.63, 3.8) is 0 Å². The minimum atomic E-state index is 1.14. The van der Waals surface area contributed by atoms with Gasteiger partial charge in [0.05, 0.1) is 22.1 Å². The van der Waals surface area contributed by atoms with Crippen LogP contribution in [0.5, 0.6) is 0 Å². The number of rotatable bonds is 4. The average molecular weight is 811 g/mol. The van der Waals surface area contributed by atoms with Crippen molar-refractivity contribution in [2.24, 2.45) is 0 Å². The maximum atomic E-state index is 2.47. The molecule has 0 aliphatic carbocycles. The van der Waals surface area contributed by atoms with Crippen LogP contribution in [0.2, 0.25) is 0 Å². The van der Waals surface area contributed by atoms with Gasteiger partial charge in [0.1, 0.15) is 0 Å². The predicted octanol–water partition coefficient (Wildman–Crippen LogP) is 17.0. The summed E-state index contributed by atoms with van der Waals surface area (Å²) < 4.78 is 4.91. The van der Waals surface area contributed by atoms with Crippen LogP contribution in [0.3, 0.4) is 0 Å². The maximum Gasteiger partial charge on any atom is 0.0541 e. The summed E-state index contributed by atoms with van der Waals surface area (Å²) in [6.45, 7) is 0. The Morgan fingerprint density at radius 3 is 1.20 bits per heavy atom. The molecule has 0 aliphatic rings. The third-order valence-corrected chi connectivity index (χ3v) is 13.8. The normalized spacial score (nSPS) is 12.1. The van der Waals surface area contributed by atoms with E-state index in [0.29, 0.717) is 0 Å². The van der Waals surface area contributed by atoms with Crippen LogP contribution in [0.25, 0.3) is 131 Å². The molecule has 0 fully saturated rings. The highest BCUT2D eigenvalue weighted by Crippen LogP contribution is 2.49. The average Bonchev–Trinajstić information content (AvgIpc) is 3.88. The van der Waals surface area contributed by atoms with Crippen molar-refractivity contribution in [2.45, 2.75) is 0 Å². The van der Waals surface area contributed by atoms with E-state index in [0.717, 1.165) is 11.4 Å². The second-order valence-corrected chi connectivity index (χ2v) is 17.2. The Labute approximate surface area is 369 Å². The first-order chi connectivity index (χ1) is 31.8. The molecule has 0 saturated carbocycles. The molecule has 2 heteroatoms. The van der Waals surface area contributed by atoms with Crippen LogP contribution in [0.15, 0.2) is 231 Å². The maximum absolute atomic E-state index is 2.47. The SMILES string of the molecule is c1ccc2cc(-c3c4cc(-n5c6ccccc6c6ccccc65)ccc4c(-c4cc5ccccc5c5ccccc45)c4cc(-n5c6ccccc6c6ccccc65)ccc34)ccc2c1. The van der Waals surface area contributed by atoms with Crippen LogP contribution in [-0.4, -0.2) is 9.13 Å². The highest BCUT2D eigenvalue weighted by Gasteiger charge is 2.23. The lowest BCUT2D eigenvalue weighted by Crippen LogP contribution is -1.98. The molecule has 2 heterocycles. The number of para-hydroxylation sites is 4. The Hall–Kier alpha value is -8.46. The van der Waals surface area contributed by atoms with E-state index in [1.807, 2.05) is 0 Å². The fraction of sp³-hybridized carbons (Fsp3) is 0. The minimum Gasteiger partial charge on any atom is -0.309 e. The number of benzene rings is 12. The molecule has 0 spiro atoms. The first kappa shape index (κ1) is 35.2. The Balaban J connectivity index is 1.18. The molecule has 14 rings (SSSR count). The third kappa shape index (κ3) is 5.02. The van der Waals surface area contributed by atoms with Gasteiger partial charge in [-0.05, 0) is 137 Å². The lowest BCUT2D eigenvalue weighted by Gasteiger charge is -2.22. The summed E-state index contributed by atoms with van der Waals surface area (Å²) >= 11 is 0. The second kappa shape index (κ2) is 13.5. The molecule has 0 atom stereocenters. The molecular formula is C62H38N2. The molecule has 0 radical (unpaired) electrons. The molecule has 0 N–H and O–H groups in total. The molecule has 14 aromatic rings. The van der Waals surface area contributed by atoms with Crippen molar-refractivity contribution in [3.8, 4) is 33.6 Å². The zero-order valence-electron chi connectivity index (χ0n) is 34.8. The quantitative estimate of drug-likeness (QED) is 0.124. The first-order valence-corrected chi connectivity index (χ1v) is 22.2. The zero-order valence-corrected chi connectivity index (χ0v) is 34.8. The van der Waals surface area contributed by atoms with Crippen LogP contribution in [-0.2, 0) is 0 Å². The van der Waals surface area contributed by atoms with Crippen molar-refractivity contribution in [3.05, 3.63) is 231 Å². The molecule has 2 nitrogen and oxygen atoms in total. The van der Waals surface area contributed by atoms with Gasteiger partial charge in [0.2, 0.25) is 0 Å². The van der Waals surface area contributed by atoms with Crippen molar-refractivity contribution >= 4 is 97.5 Å². The van der Waals surface area contributed by atoms with Crippen LogP contribution in [0.1, 0.15) is 0 Å². The fourth-order valence-corrected chi connectivity index (χ4v) is 11.1. The van der Waals surface area contributed by atoms with Crippen molar-refractivity contribution in [1.82, 2.24) is 9.13 Å². The summed E-state index contributed by atoms with van der Waals surface area (Å²) in [7, 11) is 0. The first-order valence-electron chi connectivity index (χ1n) is 22.2. The number of hydrogen-bond donors (Lipinski definition) is 0. The van der Waals surface area contributed by atoms with Gasteiger partial charge in [-0.2, -0.15) is 0 Å². The molecule has 2 aromatic heterocycles. The van der Waals surface area contributed by atoms with Gasteiger partial charge in [-0.25, -0.2) is 0 Å². The molecule has 64 heavy (non-hydrogen) atoms. The van der Waals surface area contributed by atoms with Gasteiger partial charge >= 0.3 is 0 Å². The molecule has 0 bridgehead atoms. The lowest BCUT2D eigenvalue weighted by atomic mass is 9.83. The summed E-state index contributed by atoms with van der Waals surface area (Å²) in [5.41, 5.74) is 12.0. The number of nitrogens with zero attached hydrogens (tertiary/aromatic N) is 2. The standard InChI is InChI=1S/C62H38N2/c1-2-16-40-35-42(30-29-39(40)15-1)61-52-33-31-44(64-59-27-13-9-23-50(59)51-24-10-14-28-60(51)64)38-56(52)62(54-36-41-17-3-4-18-45(41)46-19-5-6-20-47(46)54)53-34-32-43(37-55(53)61)63-57-25-11-7-21-48(57)49-22-8-12-26-58(49)63/h1-38H. The van der Waals surface area contributed by atoms with Crippen LogP contribution in [0.4, 0.5) is 0 Å². The van der Waals surface area contributed by atoms with Gasteiger partial charge in [0, 0.05) is 32.9 Å². The summed E-state index contributed by atoms with van der Waals surface area (Å²) in [5.74, 6) is 0.